The molecular weight excluding hydrogens is 358 g/mol. The monoisotopic (exact) mass is 381 g/mol. The van der Waals surface area contributed by atoms with E-state index in [4.69, 9.17) is 15.6 Å². The van der Waals surface area contributed by atoms with Gasteiger partial charge in [-0.15, -0.1) is 0 Å². The second-order valence-electron chi connectivity index (χ2n) is 6.45. The van der Waals surface area contributed by atoms with E-state index in [0.717, 1.165) is 16.6 Å². The zero-order valence-electron chi connectivity index (χ0n) is 15.9. The van der Waals surface area contributed by atoms with Gasteiger partial charge in [-0.1, -0.05) is 11.8 Å². The number of aliphatic hydroxyl groups excluding tert-OH is 1. The molecule has 146 valence electrons. The van der Waals surface area contributed by atoms with E-state index in [0.29, 0.717) is 24.2 Å². The third-order valence-corrected chi connectivity index (χ3v) is 4.25. The summed E-state index contributed by atoms with van der Waals surface area (Å²) in [4.78, 5) is 22.0. The van der Waals surface area contributed by atoms with Gasteiger partial charge in [-0.25, -0.2) is 14.6 Å². The van der Waals surface area contributed by atoms with Crippen molar-refractivity contribution in [3.05, 3.63) is 58.0 Å². The van der Waals surface area contributed by atoms with E-state index >= 15 is 0 Å². The maximum Gasteiger partial charge on any atom is 0.287 e. The molecule has 3 heterocycles. The van der Waals surface area contributed by atoms with Gasteiger partial charge in [0.1, 0.15) is 13.1 Å². The zero-order valence-corrected chi connectivity index (χ0v) is 15.9. The largest absolute Gasteiger partial charge is 0.371 e. The van der Waals surface area contributed by atoms with Crippen LogP contribution in [-0.4, -0.2) is 44.4 Å². The molecule has 8 heteroatoms. The summed E-state index contributed by atoms with van der Waals surface area (Å²) in [5.41, 5.74) is 7.99. The van der Waals surface area contributed by atoms with Crippen LogP contribution in [-0.2, 0) is 11.2 Å². The molecule has 0 saturated heterocycles. The highest BCUT2D eigenvalue weighted by molar-refractivity contribution is 5.81. The smallest absolute Gasteiger partial charge is 0.287 e. The minimum Gasteiger partial charge on any atom is -0.371 e. The topological polar surface area (TPSA) is 108 Å². The lowest BCUT2D eigenvalue weighted by atomic mass is 10.0. The molecule has 3 rings (SSSR count). The van der Waals surface area contributed by atoms with Gasteiger partial charge in [0.15, 0.2) is 5.65 Å². The van der Waals surface area contributed by atoms with Crippen LogP contribution in [0.4, 0.5) is 0 Å². The zero-order chi connectivity index (χ0) is 20.1. The van der Waals surface area contributed by atoms with E-state index in [2.05, 4.69) is 21.8 Å². The van der Waals surface area contributed by atoms with Crippen LogP contribution in [0.15, 0.2) is 35.6 Å². The average molecular weight is 381 g/mol. The van der Waals surface area contributed by atoms with Gasteiger partial charge in [0.05, 0.1) is 24.1 Å². The Balaban J connectivity index is 2.27. The third-order valence-electron chi connectivity index (χ3n) is 4.25. The van der Waals surface area contributed by atoms with Crippen LogP contribution in [0.25, 0.3) is 11.0 Å². The molecule has 8 nitrogen and oxygen atoms in total. The van der Waals surface area contributed by atoms with Crippen molar-refractivity contribution in [1.29, 1.82) is 0 Å². The fourth-order valence-electron chi connectivity index (χ4n) is 3.00. The second-order valence-corrected chi connectivity index (χ2v) is 6.45. The Morgan fingerprint density at radius 1 is 1.39 bits per heavy atom. The molecule has 0 unspecified atom stereocenters. The predicted octanol–water partition coefficient (Wildman–Crippen LogP) is 0.668. The van der Waals surface area contributed by atoms with Crippen LogP contribution >= 0.6 is 0 Å². The minimum atomic E-state index is -0.362. The normalized spacial score (nSPS) is 12.0. The van der Waals surface area contributed by atoms with Crippen LogP contribution in [0.2, 0.25) is 0 Å². The molecule has 0 amide bonds. The van der Waals surface area contributed by atoms with Crippen molar-refractivity contribution in [2.75, 3.05) is 19.9 Å². The Labute approximate surface area is 162 Å². The van der Waals surface area contributed by atoms with Gasteiger partial charge >= 0.3 is 0 Å². The summed E-state index contributed by atoms with van der Waals surface area (Å²) < 4.78 is 8.07. The minimum absolute atomic E-state index is 0.147. The first-order valence-electron chi connectivity index (χ1n) is 9.01. The summed E-state index contributed by atoms with van der Waals surface area (Å²) in [7, 11) is 0. The summed E-state index contributed by atoms with van der Waals surface area (Å²) in [6.07, 6.45) is 5.48. The van der Waals surface area contributed by atoms with Crippen molar-refractivity contribution in [3.63, 3.8) is 0 Å². The van der Waals surface area contributed by atoms with Crippen LogP contribution < -0.4 is 11.3 Å². The van der Waals surface area contributed by atoms with Gasteiger partial charge in [-0.2, -0.15) is 4.68 Å². The Kier molecular flexibility index (Phi) is 6.21. The van der Waals surface area contributed by atoms with Crippen LogP contribution in [0.3, 0.4) is 0 Å². The number of hydrogen-bond donors (Lipinski definition) is 2. The molecule has 1 atom stereocenters. The lowest BCUT2D eigenvalue weighted by molar-refractivity contribution is -0.00863. The molecule has 3 aromatic rings. The summed E-state index contributed by atoms with van der Waals surface area (Å²) in [5, 5.41) is 9.61. The van der Waals surface area contributed by atoms with Gasteiger partial charge in [-0.3, -0.25) is 4.79 Å². The number of hydrogen-bond acceptors (Lipinski definition) is 6. The van der Waals surface area contributed by atoms with Gasteiger partial charge < -0.3 is 15.6 Å². The highest BCUT2D eigenvalue weighted by Gasteiger charge is 2.17. The van der Waals surface area contributed by atoms with Gasteiger partial charge in [-0.05, 0) is 44.5 Å². The molecule has 0 aliphatic heterocycles. The Morgan fingerprint density at radius 2 is 2.21 bits per heavy atom. The van der Waals surface area contributed by atoms with Crippen molar-refractivity contribution >= 4 is 11.0 Å². The van der Waals surface area contributed by atoms with Crippen molar-refractivity contribution in [1.82, 2.24) is 19.3 Å². The molecular formula is C20H23N5O3. The van der Waals surface area contributed by atoms with Crippen molar-refractivity contribution < 1.29 is 9.84 Å². The number of aryl methyl sites for hydroxylation is 1. The average Bonchev–Trinajstić information content (AvgIpc) is 3.12. The van der Waals surface area contributed by atoms with E-state index < -0.39 is 0 Å². The fourth-order valence-corrected chi connectivity index (χ4v) is 3.00. The number of pyridine rings is 2. The highest BCUT2D eigenvalue weighted by atomic mass is 16.6. The first-order chi connectivity index (χ1) is 13.6. The fraction of sp³-hybridized carbons (Fsp3) is 0.350. The Morgan fingerprint density at radius 3 is 2.89 bits per heavy atom. The summed E-state index contributed by atoms with van der Waals surface area (Å²) in [5.74, 6) is 5.91. The van der Waals surface area contributed by atoms with Gasteiger partial charge in [0, 0.05) is 17.5 Å². The Bertz CT molecular complexity index is 1090. The third kappa shape index (κ3) is 3.97. The maximum absolute atomic E-state index is 13.4. The lowest BCUT2D eigenvalue weighted by Crippen LogP contribution is -2.30. The molecule has 0 aromatic carbocycles. The number of imidazole rings is 1. The van der Waals surface area contributed by atoms with E-state index in [1.165, 1.54) is 4.68 Å². The molecule has 0 saturated carbocycles. The van der Waals surface area contributed by atoms with Crippen molar-refractivity contribution in [3.8, 4) is 11.8 Å². The molecule has 0 fully saturated rings. The SMILES string of the molecule is Cc1cn(-n2c(=O)c(C#C[C@@H](C)COCO)c(CCN)c3cccnc32)cn1. The molecule has 3 N–H and O–H groups in total. The maximum atomic E-state index is 13.4. The van der Waals surface area contributed by atoms with Crippen LogP contribution in [0.5, 0.6) is 0 Å². The quantitative estimate of drug-likeness (QED) is 0.480. The second kappa shape index (κ2) is 8.80. The summed E-state index contributed by atoms with van der Waals surface area (Å²) in [6, 6.07) is 3.74. The van der Waals surface area contributed by atoms with Crippen molar-refractivity contribution in [2.24, 2.45) is 11.7 Å². The number of ether oxygens (including phenoxy) is 1. The number of nitrogens with two attached hydrogens (primary N) is 1. The van der Waals surface area contributed by atoms with Crippen LogP contribution in [0, 0.1) is 24.7 Å². The van der Waals surface area contributed by atoms with Crippen molar-refractivity contribution in [2.45, 2.75) is 20.3 Å². The summed E-state index contributed by atoms with van der Waals surface area (Å²) in [6.45, 7) is 4.02. The lowest BCUT2D eigenvalue weighted by Gasteiger charge is -2.15. The predicted molar refractivity (Wildman–Crippen MR) is 106 cm³/mol. The van der Waals surface area contributed by atoms with Gasteiger partial charge in [0.2, 0.25) is 0 Å². The van der Waals surface area contributed by atoms with E-state index in [1.807, 2.05) is 26.0 Å². The van der Waals surface area contributed by atoms with Crippen LogP contribution in [0.1, 0.15) is 23.7 Å². The first kappa shape index (κ1) is 19.8. The highest BCUT2D eigenvalue weighted by Crippen LogP contribution is 2.19. The molecule has 0 aliphatic rings. The molecule has 28 heavy (non-hydrogen) atoms. The summed E-state index contributed by atoms with van der Waals surface area (Å²) >= 11 is 0. The molecule has 0 spiro atoms. The number of fused-ring (bicyclic) bond motifs is 1. The first-order valence-corrected chi connectivity index (χ1v) is 9.01. The number of rotatable bonds is 6. The van der Waals surface area contributed by atoms with E-state index in [-0.39, 0.29) is 24.9 Å². The van der Waals surface area contributed by atoms with E-state index in [1.54, 1.807) is 23.4 Å². The molecule has 3 aromatic heterocycles. The molecule has 0 bridgehead atoms. The molecule has 0 aliphatic carbocycles. The Hall–Kier alpha value is -2.99. The number of nitrogens with zero attached hydrogens (tertiary/aromatic N) is 4. The molecule has 0 radical (unpaired) electrons. The van der Waals surface area contributed by atoms with Gasteiger partial charge in [0.25, 0.3) is 5.56 Å². The van der Waals surface area contributed by atoms with E-state index in [9.17, 15) is 4.79 Å². The number of aromatic nitrogens is 4. The number of aliphatic hydroxyl groups is 1. The standard InChI is InChI=1S/C20H23N5O3/c1-14(11-28-13-26)5-6-18-16(7-8-21)17-4-3-9-22-19(17)25(20(18)27)24-10-15(2)23-12-24/h3-4,9-10,12,14,26H,7-8,11,13,21H2,1-2H3/t14-/m1/s1.